The zero-order chi connectivity index (χ0) is 24.8. The van der Waals surface area contributed by atoms with Gasteiger partial charge in [0, 0.05) is 6.07 Å². The number of benzene rings is 2. The van der Waals surface area contributed by atoms with E-state index in [-0.39, 0.29) is 29.3 Å². The summed E-state index contributed by atoms with van der Waals surface area (Å²) < 4.78 is 55.4. The molecule has 0 radical (unpaired) electrons. The van der Waals surface area contributed by atoms with Crippen LogP contribution in [0, 0.1) is 29.3 Å². The lowest BCUT2D eigenvalue weighted by Gasteiger charge is -2.29. The molecule has 2 aliphatic rings. The summed E-state index contributed by atoms with van der Waals surface area (Å²) in [5.74, 6) is -0.269. The van der Waals surface area contributed by atoms with Crippen LogP contribution in [0.1, 0.15) is 88.2 Å². The summed E-state index contributed by atoms with van der Waals surface area (Å²) in [5, 5.41) is 0. The Balaban J connectivity index is 1.29. The van der Waals surface area contributed by atoms with Crippen molar-refractivity contribution < 1.29 is 22.6 Å². The van der Waals surface area contributed by atoms with Crippen molar-refractivity contribution in [1.82, 2.24) is 0 Å². The summed E-state index contributed by atoms with van der Waals surface area (Å²) >= 11 is 0. The molecule has 5 heteroatoms. The van der Waals surface area contributed by atoms with Gasteiger partial charge in [-0.1, -0.05) is 24.3 Å². The quantitative estimate of drug-likeness (QED) is 0.347. The van der Waals surface area contributed by atoms with E-state index in [1.54, 1.807) is 12.1 Å². The van der Waals surface area contributed by atoms with Crippen molar-refractivity contribution in [3.63, 3.8) is 0 Å². The molecule has 0 atom stereocenters. The van der Waals surface area contributed by atoms with Crippen molar-refractivity contribution in [3.8, 4) is 11.5 Å². The lowest BCUT2D eigenvalue weighted by atomic mass is 9.78. The number of allylic oxidation sites excluding steroid dienone is 2. The lowest BCUT2D eigenvalue weighted by Crippen LogP contribution is -2.20. The van der Waals surface area contributed by atoms with Crippen LogP contribution in [0.2, 0.25) is 0 Å². The number of hydrogen-bond acceptors (Lipinski definition) is 2. The molecule has 2 nitrogen and oxygen atoms in total. The Morgan fingerprint density at radius 3 is 2.11 bits per heavy atom. The number of rotatable bonds is 8. The van der Waals surface area contributed by atoms with Crippen LogP contribution in [0.25, 0.3) is 0 Å². The Morgan fingerprint density at radius 2 is 1.46 bits per heavy atom. The van der Waals surface area contributed by atoms with Gasteiger partial charge in [0.1, 0.15) is 11.6 Å². The van der Waals surface area contributed by atoms with E-state index in [0.717, 1.165) is 56.9 Å². The topological polar surface area (TPSA) is 18.5 Å². The Kier molecular flexibility index (Phi) is 8.80. The monoisotopic (exact) mass is 486 g/mol. The van der Waals surface area contributed by atoms with Gasteiger partial charge in [-0.05, 0) is 112 Å². The van der Waals surface area contributed by atoms with Crippen molar-refractivity contribution in [2.75, 3.05) is 13.2 Å². The van der Waals surface area contributed by atoms with Gasteiger partial charge in [0.15, 0.2) is 11.6 Å². The second-order valence-electron chi connectivity index (χ2n) is 10.1. The van der Waals surface area contributed by atoms with Crippen LogP contribution in [-0.2, 0) is 0 Å². The summed E-state index contributed by atoms with van der Waals surface area (Å²) in [4.78, 5) is 0. The maximum atomic E-state index is 14.9. The second kappa shape index (κ2) is 12.0. The highest BCUT2D eigenvalue weighted by Gasteiger charge is 2.28. The minimum Gasteiger partial charge on any atom is -0.494 e. The van der Waals surface area contributed by atoms with Gasteiger partial charge >= 0.3 is 0 Å². The maximum Gasteiger partial charge on any atom is 0.200 e. The van der Waals surface area contributed by atoms with Gasteiger partial charge in [-0.25, -0.2) is 8.78 Å². The van der Waals surface area contributed by atoms with Gasteiger partial charge in [-0.2, -0.15) is 4.39 Å². The molecule has 2 saturated carbocycles. The van der Waals surface area contributed by atoms with E-state index >= 15 is 0 Å². The van der Waals surface area contributed by atoms with Crippen molar-refractivity contribution in [2.45, 2.75) is 77.0 Å². The molecule has 0 bridgehead atoms. The minimum absolute atomic E-state index is 0.00599. The first-order chi connectivity index (χ1) is 17.0. The van der Waals surface area contributed by atoms with E-state index in [1.807, 2.05) is 26.0 Å². The number of ether oxygens (including phenoxy) is 2. The molecule has 2 aromatic rings. The molecule has 0 saturated heterocycles. The van der Waals surface area contributed by atoms with E-state index in [2.05, 4.69) is 12.2 Å². The predicted octanol–water partition coefficient (Wildman–Crippen LogP) is 8.71. The number of hydrogen-bond donors (Lipinski definition) is 0. The molecule has 0 N–H and O–H groups in total. The van der Waals surface area contributed by atoms with Gasteiger partial charge in [-0.3, -0.25) is 0 Å². The molecule has 0 unspecified atom stereocenters. The van der Waals surface area contributed by atoms with Crippen LogP contribution in [0.5, 0.6) is 11.5 Å². The van der Waals surface area contributed by atoms with Crippen LogP contribution in [0.15, 0.2) is 42.5 Å². The fourth-order valence-electron chi connectivity index (χ4n) is 5.81. The van der Waals surface area contributed by atoms with E-state index in [9.17, 15) is 13.2 Å². The maximum absolute atomic E-state index is 14.9. The zero-order valence-corrected chi connectivity index (χ0v) is 20.9. The third-order valence-corrected chi connectivity index (χ3v) is 7.80. The largest absolute Gasteiger partial charge is 0.494 e. The zero-order valence-electron chi connectivity index (χ0n) is 20.9. The van der Waals surface area contributed by atoms with Gasteiger partial charge in [0.2, 0.25) is 5.82 Å². The first-order valence-electron chi connectivity index (χ1n) is 13.2. The van der Waals surface area contributed by atoms with Crippen LogP contribution < -0.4 is 9.47 Å². The van der Waals surface area contributed by atoms with E-state index < -0.39 is 11.6 Å². The molecular weight excluding hydrogens is 449 g/mol. The van der Waals surface area contributed by atoms with E-state index in [0.29, 0.717) is 30.4 Å². The van der Waals surface area contributed by atoms with Gasteiger partial charge < -0.3 is 9.47 Å². The fourth-order valence-corrected chi connectivity index (χ4v) is 5.81. The van der Waals surface area contributed by atoms with Gasteiger partial charge in [0.05, 0.1) is 13.2 Å². The SMILES string of the molecule is CC=CC1CCC(c2ccc(OCC3CCC(c4ccc(OCC)cc4F)CC3)c(F)c2F)CC1. The molecule has 0 spiro atoms. The molecule has 0 aromatic heterocycles. The highest BCUT2D eigenvalue weighted by atomic mass is 19.2. The summed E-state index contributed by atoms with van der Waals surface area (Å²) in [6.45, 7) is 4.76. The molecular formula is C30H37F3O2. The van der Waals surface area contributed by atoms with Crippen LogP contribution in [-0.4, -0.2) is 13.2 Å². The standard InChI is InChI=1S/C30H37F3O2/c1-3-5-20-6-10-23(11-7-20)26-16-17-28(30(33)29(26)32)35-19-21-8-12-22(13-9-21)25-15-14-24(34-4-2)18-27(25)31/h3,5,14-18,20-23H,4,6-13,19H2,1-2H3. The highest BCUT2D eigenvalue weighted by molar-refractivity contribution is 5.34. The fraction of sp³-hybridized carbons (Fsp3) is 0.533. The van der Waals surface area contributed by atoms with Crippen molar-refractivity contribution in [3.05, 3.63) is 71.1 Å². The molecule has 2 fully saturated rings. The summed E-state index contributed by atoms with van der Waals surface area (Å²) in [7, 11) is 0. The van der Waals surface area contributed by atoms with Crippen LogP contribution in [0.3, 0.4) is 0 Å². The van der Waals surface area contributed by atoms with E-state index in [1.165, 1.54) is 6.07 Å². The van der Waals surface area contributed by atoms with Crippen LogP contribution in [0.4, 0.5) is 13.2 Å². The third-order valence-electron chi connectivity index (χ3n) is 7.80. The summed E-state index contributed by atoms with van der Waals surface area (Å²) in [6, 6.07) is 8.41. The molecule has 2 aliphatic carbocycles. The Hall–Kier alpha value is -2.43. The predicted molar refractivity (Wildman–Crippen MR) is 134 cm³/mol. The van der Waals surface area contributed by atoms with Gasteiger partial charge in [-0.15, -0.1) is 0 Å². The Labute approximate surface area is 207 Å². The average Bonchev–Trinajstić information content (AvgIpc) is 2.87. The Bertz CT molecular complexity index is 1000. The smallest absolute Gasteiger partial charge is 0.200 e. The molecule has 35 heavy (non-hydrogen) atoms. The first kappa shape index (κ1) is 25.7. The molecule has 0 heterocycles. The normalized spacial score (nSPS) is 25.1. The first-order valence-corrected chi connectivity index (χ1v) is 13.2. The minimum atomic E-state index is -0.872. The molecule has 190 valence electrons. The average molecular weight is 487 g/mol. The number of halogens is 3. The van der Waals surface area contributed by atoms with Gasteiger partial charge in [0.25, 0.3) is 0 Å². The van der Waals surface area contributed by atoms with E-state index in [4.69, 9.17) is 9.47 Å². The highest BCUT2D eigenvalue weighted by Crippen LogP contribution is 2.40. The lowest BCUT2D eigenvalue weighted by molar-refractivity contribution is 0.191. The third kappa shape index (κ3) is 6.23. The summed E-state index contributed by atoms with van der Waals surface area (Å²) in [6.07, 6.45) is 11.5. The van der Waals surface area contributed by atoms with Crippen molar-refractivity contribution >= 4 is 0 Å². The molecule has 0 amide bonds. The second-order valence-corrected chi connectivity index (χ2v) is 10.1. The molecule has 2 aromatic carbocycles. The van der Waals surface area contributed by atoms with Crippen LogP contribution >= 0.6 is 0 Å². The van der Waals surface area contributed by atoms with Crippen molar-refractivity contribution in [1.29, 1.82) is 0 Å². The molecule has 4 rings (SSSR count). The molecule has 0 aliphatic heterocycles. The van der Waals surface area contributed by atoms with Crippen molar-refractivity contribution in [2.24, 2.45) is 11.8 Å². The Morgan fingerprint density at radius 1 is 0.800 bits per heavy atom. The summed E-state index contributed by atoms with van der Waals surface area (Å²) in [5.41, 5.74) is 1.21.